The van der Waals surface area contributed by atoms with Crippen LogP contribution in [0.25, 0.3) is 11.0 Å². The second kappa shape index (κ2) is 6.73. The maximum absolute atomic E-state index is 12.4. The number of carbonyl (C=O) groups excluding carboxylic acids is 1. The van der Waals surface area contributed by atoms with E-state index in [1.54, 1.807) is 35.9 Å². The molecule has 0 bridgehead atoms. The van der Waals surface area contributed by atoms with Crippen molar-refractivity contribution in [2.24, 2.45) is 7.05 Å². The monoisotopic (exact) mass is 339 g/mol. The summed E-state index contributed by atoms with van der Waals surface area (Å²) < 4.78 is 7.21. The van der Waals surface area contributed by atoms with Gasteiger partial charge in [0.25, 0.3) is 0 Å². The van der Waals surface area contributed by atoms with Crippen LogP contribution in [0, 0.1) is 11.3 Å². The normalized spacial score (nSPS) is 11.9. The molecule has 0 N–H and O–H groups in total. The Hall–Kier alpha value is -2.84. The van der Waals surface area contributed by atoms with Gasteiger partial charge in [-0.15, -0.1) is 0 Å². The molecule has 1 aromatic heterocycles. The van der Waals surface area contributed by atoms with E-state index < -0.39 is 5.92 Å². The van der Waals surface area contributed by atoms with Crippen LogP contribution in [0.4, 0.5) is 0 Å². The highest BCUT2D eigenvalue weighted by atomic mass is 35.5. The maximum atomic E-state index is 12.4. The Morgan fingerprint density at radius 1 is 1.29 bits per heavy atom. The first-order valence-corrected chi connectivity index (χ1v) is 7.70. The average Bonchev–Trinajstić information content (AvgIpc) is 2.92. The average molecular weight is 340 g/mol. The molecule has 1 heterocycles. The summed E-state index contributed by atoms with van der Waals surface area (Å²) in [4.78, 5) is 16.8. The molecule has 3 aromatic rings. The molecule has 0 aliphatic carbocycles. The molecule has 0 saturated heterocycles. The highest BCUT2D eigenvalue weighted by molar-refractivity contribution is 6.30. The number of aryl methyl sites for hydroxylation is 1. The van der Waals surface area contributed by atoms with Crippen molar-refractivity contribution in [1.82, 2.24) is 9.55 Å². The third-order valence-corrected chi connectivity index (χ3v) is 3.98. The minimum Gasteiger partial charge on any atom is -0.486 e. The number of rotatable bonds is 5. The Labute approximate surface area is 144 Å². The topological polar surface area (TPSA) is 67.9 Å². The number of fused-ring (bicyclic) bond motifs is 1. The summed E-state index contributed by atoms with van der Waals surface area (Å²) in [5, 5.41) is 10.0. The Balaban J connectivity index is 1.80. The first-order chi connectivity index (χ1) is 11.6. The van der Waals surface area contributed by atoms with Crippen molar-refractivity contribution in [2.45, 2.75) is 5.92 Å². The molecule has 0 fully saturated rings. The van der Waals surface area contributed by atoms with Gasteiger partial charge in [0.05, 0.1) is 17.1 Å². The zero-order valence-electron chi connectivity index (χ0n) is 12.9. The molecule has 5 nitrogen and oxygen atoms in total. The molecule has 0 spiro atoms. The number of hydrogen-bond acceptors (Lipinski definition) is 4. The Kier molecular flexibility index (Phi) is 4.50. The van der Waals surface area contributed by atoms with Crippen LogP contribution < -0.4 is 4.74 Å². The third kappa shape index (κ3) is 3.10. The molecule has 0 saturated carbocycles. The smallest absolute Gasteiger partial charge is 0.194 e. The number of para-hydroxylation sites is 2. The van der Waals surface area contributed by atoms with E-state index in [9.17, 15) is 10.1 Å². The predicted molar refractivity (Wildman–Crippen MR) is 91.0 cm³/mol. The van der Waals surface area contributed by atoms with E-state index in [1.807, 2.05) is 30.3 Å². The zero-order chi connectivity index (χ0) is 17.1. The van der Waals surface area contributed by atoms with E-state index in [0.29, 0.717) is 16.6 Å². The van der Waals surface area contributed by atoms with E-state index in [-0.39, 0.29) is 12.4 Å². The van der Waals surface area contributed by atoms with Gasteiger partial charge in [-0.05, 0) is 36.4 Å². The van der Waals surface area contributed by atoms with Crippen molar-refractivity contribution < 1.29 is 9.53 Å². The summed E-state index contributed by atoms with van der Waals surface area (Å²) in [6.07, 6.45) is 0. The van der Waals surface area contributed by atoms with Crippen molar-refractivity contribution in [1.29, 1.82) is 5.26 Å². The van der Waals surface area contributed by atoms with E-state index in [2.05, 4.69) is 4.98 Å². The number of halogens is 1. The minimum absolute atomic E-state index is 0.205. The molecule has 0 aliphatic heterocycles. The summed E-state index contributed by atoms with van der Waals surface area (Å²) in [6.45, 7) is -0.205. The zero-order valence-corrected chi connectivity index (χ0v) is 13.7. The maximum Gasteiger partial charge on any atom is 0.194 e. The second-order valence-corrected chi connectivity index (χ2v) is 5.73. The number of Topliss-reactive ketones (excluding diaryl/α,β-unsaturated/α-hetero) is 1. The fourth-order valence-corrected chi connectivity index (χ4v) is 2.59. The first kappa shape index (κ1) is 16.0. The molecule has 120 valence electrons. The lowest BCUT2D eigenvalue weighted by atomic mass is 10.1. The predicted octanol–water partition coefficient (Wildman–Crippen LogP) is 3.48. The van der Waals surface area contributed by atoms with Crippen LogP contribution >= 0.6 is 11.6 Å². The minimum atomic E-state index is -0.977. The number of nitriles is 1. The highest BCUT2D eigenvalue weighted by Gasteiger charge is 2.26. The van der Waals surface area contributed by atoms with Crippen molar-refractivity contribution in [3.8, 4) is 11.8 Å². The summed E-state index contributed by atoms with van der Waals surface area (Å²) in [6, 6.07) is 16.2. The van der Waals surface area contributed by atoms with Crippen LogP contribution in [0.2, 0.25) is 5.02 Å². The van der Waals surface area contributed by atoms with Crippen LogP contribution in [0.1, 0.15) is 11.7 Å². The van der Waals surface area contributed by atoms with Gasteiger partial charge in [0.2, 0.25) is 0 Å². The number of aromatic nitrogens is 2. The van der Waals surface area contributed by atoms with Crippen molar-refractivity contribution >= 4 is 28.4 Å². The number of hydrogen-bond donors (Lipinski definition) is 0. The summed E-state index contributed by atoms with van der Waals surface area (Å²) >= 11 is 5.81. The number of imidazole rings is 1. The van der Waals surface area contributed by atoms with Crippen molar-refractivity contribution in [3.05, 3.63) is 59.4 Å². The fraction of sp³-hybridized carbons (Fsp3) is 0.167. The van der Waals surface area contributed by atoms with Gasteiger partial charge in [0.15, 0.2) is 11.7 Å². The summed E-state index contributed by atoms with van der Waals surface area (Å²) in [7, 11) is 1.79. The van der Waals surface area contributed by atoms with Crippen LogP contribution in [0.3, 0.4) is 0 Å². The summed E-state index contributed by atoms with van der Waals surface area (Å²) in [5.74, 6) is -0.376. The molecule has 3 rings (SSSR count). The van der Waals surface area contributed by atoms with Crippen LogP contribution in [-0.2, 0) is 11.8 Å². The number of nitrogens with zero attached hydrogens (tertiary/aromatic N) is 3. The number of benzene rings is 2. The van der Waals surface area contributed by atoms with Gasteiger partial charge >= 0.3 is 0 Å². The number of carbonyl (C=O) groups is 1. The quantitative estimate of drug-likeness (QED) is 0.713. The third-order valence-electron chi connectivity index (χ3n) is 3.73. The van der Waals surface area contributed by atoms with Crippen LogP contribution in [-0.4, -0.2) is 21.9 Å². The van der Waals surface area contributed by atoms with Crippen molar-refractivity contribution in [3.63, 3.8) is 0 Å². The largest absolute Gasteiger partial charge is 0.486 e. The fourth-order valence-electron chi connectivity index (χ4n) is 2.46. The molecular formula is C18H14ClN3O2. The lowest BCUT2D eigenvalue weighted by Crippen LogP contribution is -2.21. The number of ether oxygens (including phenoxy) is 1. The molecule has 1 atom stereocenters. The molecule has 6 heteroatoms. The Morgan fingerprint density at radius 3 is 2.67 bits per heavy atom. The van der Waals surface area contributed by atoms with Gasteiger partial charge in [0.1, 0.15) is 18.2 Å². The van der Waals surface area contributed by atoms with Gasteiger partial charge in [-0.1, -0.05) is 23.7 Å². The van der Waals surface area contributed by atoms with Gasteiger partial charge < -0.3 is 9.30 Å². The van der Waals surface area contributed by atoms with Crippen LogP contribution in [0.15, 0.2) is 48.5 Å². The molecule has 0 unspecified atom stereocenters. The van der Waals surface area contributed by atoms with E-state index in [0.717, 1.165) is 11.0 Å². The second-order valence-electron chi connectivity index (χ2n) is 5.29. The first-order valence-electron chi connectivity index (χ1n) is 7.32. The molecule has 2 aromatic carbocycles. The van der Waals surface area contributed by atoms with E-state index in [1.165, 1.54) is 0 Å². The standard InChI is InChI=1S/C18H14ClN3O2/c1-22-16-5-3-2-4-15(16)21-18(22)14(10-20)17(23)11-24-13-8-6-12(19)7-9-13/h2-9,14H,11H2,1H3/t14-/m1/s1. The Morgan fingerprint density at radius 2 is 2.00 bits per heavy atom. The van der Waals surface area contributed by atoms with Crippen molar-refractivity contribution in [2.75, 3.05) is 6.61 Å². The van der Waals surface area contributed by atoms with Crippen LogP contribution in [0.5, 0.6) is 5.75 Å². The molecule has 0 amide bonds. The van der Waals surface area contributed by atoms with Gasteiger partial charge in [-0.3, -0.25) is 4.79 Å². The summed E-state index contributed by atoms with van der Waals surface area (Å²) in [5.41, 5.74) is 1.63. The lowest BCUT2D eigenvalue weighted by Gasteiger charge is -2.10. The molecule has 24 heavy (non-hydrogen) atoms. The van der Waals surface area contributed by atoms with E-state index in [4.69, 9.17) is 16.3 Å². The van der Waals surface area contributed by atoms with Gasteiger partial charge in [-0.2, -0.15) is 5.26 Å². The SMILES string of the molecule is Cn1c([C@H](C#N)C(=O)COc2ccc(Cl)cc2)nc2ccccc21. The molecular weight excluding hydrogens is 326 g/mol. The van der Waals surface area contributed by atoms with E-state index >= 15 is 0 Å². The molecule has 0 aliphatic rings. The lowest BCUT2D eigenvalue weighted by molar-refractivity contribution is -0.121. The number of ketones is 1. The molecule has 0 radical (unpaired) electrons. The Bertz CT molecular complexity index is 926. The highest BCUT2D eigenvalue weighted by Crippen LogP contribution is 2.22. The van der Waals surface area contributed by atoms with Gasteiger partial charge in [0, 0.05) is 12.1 Å². The van der Waals surface area contributed by atoms with Gasteiger partial charge in [-0.25, -0.2) is 4.98 Å².